The molecular formula is C12H10ClN3O2. The maximum Gasteiger partial charge on any atom is 0.231 e. The van der Waals surface area contributed by atoms with Gasteiger partial charge in [0.15, 0.2) is 17.3 Å². The average molecular weight is 264 g/mol. The van der Waals surface area contributed by atoms with E-state index < -0.39 is 0 Å². The number of fused-ring (bicyclic) bond motifs is 1. The van der Waals surface area contributed by atoms with E-state index in [9.17, 15) is 0 Å². The molecule has 1 aliphatic heterocycles. The third-order valence-electron chi connectivity index (χ3n) is 2.52. The van der Waals surface area contributed by atoms with Gasteiger partial charge in [-0.3, -0.25) is 0 Å². The van der Waals surface area contributed by atoms with Crippen LogP contribution in [0.25, 0.3) is 0 Å². The summed E-state index contributed by atoms with van der Waals surface area (Å²) >= 11 is 5.79. The van der Waals surface area contributed by atoms with Crippen LogP contribution in [0.3, 0.4) is 0 Å². The first-order chi connectivity index (χ1) is 8.72. The Morgan fingerprint density at radius 2 is 2.06 bits per heavy atom. The fourth-order valence-corrected chi connectivity index (χ4v) is 1.84. The van der Waals surface area contributed by atoms with Crippen molar-refractivity contribution in [2.75, 3.05) is 17.8 Å². The van der Waals surface area contributed by atoms with Crippen LogP contribution in [-0.2, 0) is 0 Å². The zero-order valence-electron chi connectivity index (χ0n) is 9.31. The van der Waals surface area contributed by atoms with Gasteiger partial charge in [0.25, 0.3) is 0 Å². The minimum atomic E-state index is 0.250. The summed E-state index contributed by atoms with van der Waals surface area (Å²) in [6.45, 7) is 0.250. The molecule has 2 heterocycles. The topological polar surface area (TPSA) is 69.4 Å². The number of nitrogens with two attached hydrogens (primary N) is 1. The van der Waals surface area contributed by atoms with E-state index in [1.54, 1.807) is 6.07 Å². The molecule has 0 atom stereocenters. The van der Waals surface area contributed by atoms with Gasteiger partial charge in [-0.1, -0.05) is 11.6 Å². The predicted molar refractivity (Wildman–Crippen MR) is 69.5 cm³/mol. The number of hydrogen-bond donors (Lipinski definition) is 2. The zero-order chi connectivity index (χ0) is 12.5. The molecule has 0 radical (unpaired) electrons. The minimum Gasteiger partial charge on any atom is -0.454 e. The van der Waals surface area contributed by atoms with Crippen LogP contribution in [0.1, 0.15) is 0 Å². The smallest absolute Gasteiger partial charge is 0.231 e. The number of nitrogens with one attached hydrogen (secondary N) is 1. The Bertz CT molecular complexity index is 604. The summed E-state index contributed by atoms with van der Waals surface area (Å²) in [7, 11) is 0. The van der Waals surface area contributed by atoms with Crippen LogP contribution in [0.5, 0.6) is 11.5 Å². The van der Waals surface area contributed by atoms with E-state index in [0.717, 1.165) is 11.4 Å². The molecule has 0 spiro atoms. The number of halogens is 1. The fraction of sp³-hybridized carbons (Fsp3) is 0.0833. The van der Waals surface area contributed by atoms with Crippen molar-refractivity contribution in [3.8, 4) is 11.5 Å². The van der Waals surface area contributed by atoms with Crippen molar-refractivity contribution >= 4 is 28.8 Å². The molecule has 92 valence electrons. The second-order valence-electron chi connectivity index (χ2n) is 3.78. The van der Waals surface area contributed by atoms with Gasteiger partial charge in [0.05, 0.1) is 10.7 Å². The van der Waals surface area contributed by atoms with Crippen molar-refractivity contribution in [1.29, 1.82) is 0 Å². The van der Waals surface area contributed by atoms with Crippen LogP contribution < -0.4 is 20.5 Å². The Balaban J connectivity index is 1.88. The number of aromatic nitrogens is 1. The van der Waals surface area contributed by atoms with Gasteiger partial charge in [-0.2, -0.15) is 0 Å². The lowest BCUT2D eigenvalue weighted by Gasteiger charge is -2.08. The van der Waals surface area contributed by atoms with Crippen LogP contribution in [0.4, 0.5) is 17.2 Å². The summed E-state index contributed by atoms with van der Waals surface area (Å²) in [4.78, 5) is 4.13. The number of benzene rings is 1. The molecule has 6 heteroatoms. The number of nitrogens with zero attached hydrogens (tertiary/aromatic N) is 1. The number of hydrogen-bond acceptors (Lipinski definition) is 5. The van der Waals surface area contributed by atoms with E-state index in [2.05, 4.69) is 10.3 Å². The molecule has 3 N–H and O–H groups in total. The standard InChI is InChI=1S/C12H10ClN3O2/c13-7-3-9(14)12(15-5-7)16-8-1-2-10-11(4-8)18-6-17-10/h1-5H,6,14H2,(H,15,16). The molecule has 0 saturated heterocycles. The summed E-state index contributed by atoms with van der Waals surface area (Å²) in [5.41, 5.74) is 7.12. The van der Waals surface area contributed by atoms with Crippen LogP contribution in [-0.4, -0.2) is 11.8 Å². The highest BCUT2D eigenvalue weighted by Gasteiger charge is 2.13. The summed E-state index contributed by atoms with van der Waals surface area (Å²) in [5, 5.41) is 3.60. The Morgan fingerprint density at radius 3 is 2.89 bits per heavy atom. The summed E-state index contributed by atoms with van der Waals surface area (Å²) in [5.74, 6) is 1.99. The molecule has 0 fully saturated rings. The van der Waals surface area contributed by atoms with Gasteiger partial charge in [-0.15, -0.1) is 0 Å². The highest BCUT2D eigenvalue weighted by Crippen LogP contribution is 2.35. The van der Waals surface area contributed by atoms with Gasteiger partial charge < -0.3 is 20.5 Å². The Labute approximate surface area is 108 Å². The lowest BCUT2D eigenvalue weighted by atomic mass is 10.2. The van der Waals surface area contributed by atoms with Crippen molar-refractivity contribution in [2.24, 2.45) is 0 Å². The highest BCUT2D eigenvalue weighted by molar-refractivity contribution is 6.30. The SMILES string of the molecule is Nc1cc(Cl)cnc1Nc1ccc2c(c1)OCO2. The highest BCUT2D eigenvalue weighted by atomic mass is 35.5. The molecule has 0 unspecified atom stereocenters. The van der Waals surface area contributed by atoms with Crippen molar-refractivity contribution < 1.29 is 9.47 Å². The molecule has 18 heavy (non-hydrogen) atoms. The number of nitrogen functional groups attached to an aromatic ring is 1. The van der Waals surface area contributed by atoms with E-state index in [-0.39, 0.29) is 6.79 Å². The normalized spacial score (nSPS) is 12.5. The van der Waals surface area contributed by atoms with Gasteiger partial charge >= 0.3 is 0 Å². The van der Waals surface area contributed by atoms with Gasteiger partial charge in [0.2, 0.25) is 6.79 Å². The van der Waals surface area contributed by atoms with Crippen molar-refractivity contribution in [2.45, 2.75) is 0 Å². The Morgan fingerprint density at radius 1 is 1.22 bits per heavy atom. The molecule has 0 saturated carbocycles. The van der Waals surface area contributed by atoms with Crippen LogP contribution in [0.2, 0.25) is 5.02 Å². The van der Waals surface area contributed by atoms with Crippen molar-refractivity contribution in [1.82, 2.24) is 4.98 Å². The molecule has 0 bridgehead atoms. The monoisotopic (exact) mass is 263 g/mol. The molecule has 1 aromatic heterocycles. The second-order valence-corrected chi connectivity index (χ2v) is 4.22. The first-order valence-corrected chi connectivity index (χ1v) is 5.68. The van der Waals surface area contributed by atoms with E-state index in [4.69, 9.17) is 26.8 Å². The Kier molecular flexibility index (Phi) is 2.60. The van der Waals surface area contributed by atoms with Gasteiger partial charge in [0.1, 0.15) is 0 Å². The van der Waals surface area contributed by atoms with E-state index in [1.807, 2.05) is 18.2 Å². The quantitative estimate of drug-likeness (QED) is 0.872. The first kappa shape index (κ1) is 11.0. The Hall–Kier alpha value is -2.14. The van der Waals surface area contributed by atoms with Crippen LogP contribution in [0, 0.1) is 0 Å². The molecule has 3 rings (SSSR count). The molecule has 1 aliphatic rings. The molecule has 1 aromatic carbocycles. The van der Waals surface area contributed by atoms with Crippen molar-refractivity contribution in [3.05, 3.63) is 35.5 Å². The minimum absolute atomic E-state index is 0.250. The largest absolute Gasteiger partial charge is 0.454 e. The van der Waals surface area contributed by atoms with Crippen LogP contribution >= 0.6 is 11.6 Å². The summed E-state index contributed by atoms with van der Waals surface area (Å²) < 4.78 is 10.5. The number of pyridine rings is 1. The predicted octanol–water partition coefficient (Wildman–Crippen LogP) is 2.79. The van der Waals surface area contributed by atoms with E-state index >= 15 is 0 Å². The first-order valence-electron chi connectivity index (χ1n) is 5.30. The third-order valence-corrected chi connectivity index (χ3v) is 2.73. The maximum absolute atomic E-state index is 5.82. The zero-order valence-corrected chi connectivity index (χ0v) is 10.1. The number of anilines is 3. The maximum atomic E-state index is 5.82. The lowest BCUT2D eigenvalue weighted by molar-refractivity contribution is 0.174. The third kappa shape index (κ3) is 2.00. The van der Waals surface area contributed by atoms with Gasteiger partial charge in [-0.05, 0) is 18.2 Å². The number of rotatable bonds is 2. The fourth-order valence-electron chi connectivity index (χ4n) is 1.67. The molecule has 0 amide bonds. The second kappa shape index (κ2) is 4.27. The summed E-state index contributed by atoms with van der Waals surface area (Å²) in [6, 6.07) is 7.17. The van der Waals surface area contributed by atoms with Crippen molar-refractivity contribution in [3.63, 3.8) is 0 Å². The lowest BCUT2D eigenvalue weighted by Crippen LogP contribution is -1.98. The van der Waals surface area contributed by atoms with E-state index in [0.29, 0.717) is 22.3 Å². The van der Waals surface area contributed by atoms with Crippen LogP contribution in [0.15, 0.2) is 30.5 Å². The average Bonchev–Trinajstić information content (AvgIpc) is 2.80. The molecule has 0 aliphatic carbocycles. The van der Waals surface area contributed by atoms with E-state index in [1.165, 1.54) is 6.20 Å². The van der Waals surface area contributed by atoms with Gasteiger partial charge in [-0.25, -0.2) is 4.98 Å². The number of ether oxygens (including phenoxy) is 2. The van der Waals surface area contributed by atoms with Gasteiger partial charge in [0, 0.05) is 18.0 Å². The molecular weight excluding hydrogens is 254 g/mol. The molecule has 5 nitrogen and oxygen atoms in total. The molecule has 2 aromatic rings. The summed E-state index contributed by atoms with van der Waals surface area (Å²) in [6.07, 6.45) is 1.53.